The molecule has 2 N–H and O–H groups in total. The van der Waals surface area contributed by atoms with Crippen LogP contribution in [0.5, 0.6) is 0 Å². The minimum Gasteiger partial charge on any atom is -0.481 e. The monoisotopic (exact) mass is 310 g/mol. The van der Waals surface area contributed by atoms with E-state index in [4.69, 9.17) is 9.84 Å². The number of urea groups is 1. The lowest BCUT2D eigenvalue weighted by molar-refractivity contribution is -0.137. The fourth-order valence-electron chi connectivity index (χ4n) is 2.29. The van der Waals surface area contributed by atoms with Gasteiger partial charge < -0.3 is 20.1 Å². The average Bonchev–Trinajstić information content (AvgIpc) is 2.51. The van der Waals surface area contributed by atoms with Crippen molar-refractivity contribution in [1.29, 1.82) is 0 Å². The van der Waals surface area contributed by atoms with Crippen LogP contribution in [0.3, 0.4) is 0 Å². The van der Waals surface area contributed by atoms with E-state index >= 15 is 0 Å². The summed E-state index contributed by atoms with van der Waals surface area (Å²) >= 11 is 0. The molecule has 2 amide bonds. The molecule has 0 saturated carbocycles. The lowest BCUT2D eigenvalue weighted by Crippen LogP contribution is -2.47. The molecule has 1 heterocycles. The zero-order chi connectivity index (χ0) is 15.9. The van der Waals surface area contributed by atoms with Gasteiger partial charge in [0, 0.05) is 19.5 Å². The van der Waals surface area contributed by atoms with Gasteiger partial charge in [-0.15, -0.1) is 0 Å². The number of carbonyl (C=O) groups is 2. The minimum absolute atomic E-state index is 0.0231. The zero-order valence-corrected chi connectivity index (χ0v) is 12.1. The Bertz CT molecular complexity index is 538. The Balaban J connectivity index is 1.84. The van der Waals surface area contributed by atoms with Crippen LogP contribution in [0, 0.1) is 5.82 Å². The van der Waals surface area contributed by atoms with Gasteiger partial charge in [0.25, 0.3) is 0 Å². The van der Waals surface area contributed by atoms with Crippen molar-refractivity contribution >= 4 is 12.0 Å². The summed E-state index contributed by atoms with van der Waals surface area (Å²) in [6, 6.07) is 5.88. The standard InChI is InChI=1S/C15H19FN2O4/c16-12-4-1-3-11(9-12)13-10-18(7-8-22-13)15(21)17-6-2-5-14(19)20/h1,3-4,9,13H,2,5-8,10H2,(H,17,21)(H,19,20). The molecule has 22 heavy (non-hydrogen) atoms. The van der Waals surface area contributed by atoms with Crippen molar-refractivity contribution in [2.75, 3.05) is 26.2 Å². The number of benzene rings is 1. The predicted octanol–water partition coefficient (Wildman–Crippen LogP) is 1.77. The summed E-state index contributed by atoms with van der Waals surface area (Å²) in [6.45, 7) is 1.49. The quantitative estimate of drug-likeness (QED) is 0.813. The summed E-state index contributed by atoms with van der Waals surface area (Å²) in [5.74, 6) is -1.22. The molecule has 1 aromatic rings. The second-order valence-electron chi connectivity index (χ2n) is 5.09. The van der Waals surface area contributed by atoms with Crippen molar-refractivity contribution < 1.29 is 23.8 Å². The van der Waals surface area contributed by atoms with Crippen molar-refractivity contribution in [3.8, 4) is 0 Å². The third-order valence-corrected chi connectivity index (χ3v) is 3.42. The number of aliphatic carboxylic acids is 1. The normalized spacial score (nSPS) is 18.0. The number of carboxylic acid groups (broad SMARTS) is 1. The second kappa shape index (κ2) is 7.74. The number of carboxylic acids is 1. The molecule has 1 fully saturated rings. The molecule has 7 heteroatoms. The summed E-state index contributed by atoms with van der Waals surface area (Å²) < 4.78 is 18.8. The summed E-state index contributed by atoms with van der Waals surface area (Å²) in [5, 5.41) is 11.2. The van der Waals surface area contributed by atoms with Crippen molar-refractivity contribution in [3.05, 3.63) is 35.6 Å². The number of nitrogens with one attached hydrogen (secondary N) is 1. The highest BCUT2D eigenvalue weighted by Gasteiger charge is 2.25. The summed E-state index contributed by atoms with van der Waals surface area (Å²) in [5.41, 5.74) is 0.698. The first-order valence-electron chi connectivity index (χ1n) is 7.18. The summed E-state index contributed by atoms with van der Waals surface area (Å²) in [6.07, 6.45) is 0.0582. The lowest BCUT2D eigenvalue weighted by atomic mass is 10.1. The van der Waals surface area contributed by atoms with E-state index in [1.54, 1.807) is 17.0 Å². The van der Waals surface area contributed by atoms with Gasteiger partial charge in [-0.25, -0.2) is 9.18 Å². The van der Waals surface area contributed by atoms with Crippen LogP contribution in [0.4, 0.5) is 9.18 Å². The highest BCUT2D eigenvalue weighted by molar-refractivity contribution is 5.74. The number of nitrogens with zero attached hydrogens (tertiary/aromatic N) is 1. The first kappa shape index (κ1) is 16.2. The SMILES string of the molecule is O=C(O)CCCNC(=O)N1CCOC(c2cccc(F)c2)C1. The number of halogens is 1. The van der Waals surface area contributed by atoms with Crippen molar-refractivity contribution in [2.45, 2.75) is 18.9 Å². The maximum Gasteiger partial charge on any atom is 0.317 e. The van der Waals surface area contributed by atoms with Gasteiger partial charge in [0.15, 0.2) is 0 Å². The van der Waals surface area contributed by atoms with Crippen LogP contribution in [-0.2, 0) is 9.53 Å². The lowest BCUT2D eigenvalue weighted by Gasteiger charge is -2.33. The topological polar surface area (TPSA) is 78.9 Å². The van der Waals surface area contributed by atoms with E-state index in [2.05, 4.69) is 5.32 Å². The van der Waals surface area contributed by atoms with Crippen molar-refractivity contribution in [3.63, 3.8) is 0 Å². The number of hydrogen-bond donors (Lipinski definition) is 2. The molecule has 1 atom stereocenters. The number of carbonyl (C=O) groups excluding carboxylic acids is 1. The Morgan fingerprint density at radius 2 is 2.27 bits per heavy atom. The zero-order valence-electron chi connectivity index (χ0n) is 12.1. The van der Waals surface area contributed by atoms with Gasteiger partial charge in [0.2, 0.25) is 0 Å². The highest BCUT2D eigenvalue weighted by Crippen LogP contribution is 2.22. The molecular weight excluding hydrogens is 291 g/mol. The summed E-state index contributed by atoms with van der Waals surface area (Å²) in [4.78, 5) is 24.0. The molecule has 6 nitrogen and oxygen atoms in total. The van der Waals surface area contributed by atoms with Crippen LogP contribution in [-0.4, -0.2) is 48.2 Å². The van der Waals surface area contributed by atoms with Gasteiger partial charge in [-0.05, 0) is 24.1 Å². The highest BCUT2D eigenvalue weighted by atomic mass is 19.1. The van der Waals surface area contributed by atoms with Gasteiger partial charge in [0.1, 0.15) is 11.9 Å². The van der Waals surface area contributed by atoms with Gasteiger partial charge in [0.05, 0.1) is 13.2 Å². The van der Waals surface area contributed by atoms with Crippen LogP contribution in [0.2, 0.25) is 0 Å². The predicted molar refractivity (Wildman–Crippen MR) is 76.9 cm³/mol. The van der Waals surface area contributed by atoms with Crippen LogP contribution in [0.1, 0.15) is 24.5 Å². The molecule has 1 aliphatic heterocycles. The Morgan fingerprint density at radius 3 is 3.00 bits per heavy atom. The third kappa shape index (κ3) is 4.70. The molecule has 0 aliphatic carbocycles. The molecule has 1 aliphatic rings. The molecule has 0 bridgehead atoms. The Hall–Kier alpha value is -2.15. The van der Waals surface area contributed by atoms with Crippen molar-refractivity contribution in [1.82, 2.24) is 10.2 Å². The fraction of sp³-hybridized carbons (Fsp3) is 0.467. The van der Waals surface area contributed by atoms with E-state index in [1.165, 1.54) is 12.1 Å². The minimum atomic E-state index is -0.883. The van der Waals surface area contributed by atoms with Gasteiger partial charge in [-0.2, -0.15) is 0 Å². The molecule has 0 aromatic heterocycles. The number of ether oxygens (including phenoxy) is 1. The van der Waals surface area contributed by atoms with E-state index in [-0.39, 0.29) is 24.4 Å². The molecule has 0 radical (unpaired) electrons. The maximum atomic E-state index is 13.3. The second-order valence-corrected chi connectivity index (χ2v) is 5.09. The largest absolute Gasteiger partial charge is 0.481 e. The van der Waals surface area contributed by atoms with Crippen LogP contribution in [0.15, 0.2) is 24.3 Å². The maximum absolute atomic E-state index is 13.3. The Morgan fingerprint density at radius 1 is 1.45 bits per heavy atom. The third-order valence-electron chi connectivity index (χ3n) is 3.42. The van der Waals surface area contributed by atoms with Crippen LogP contribution in [0.25, 0.3) is 0 Å². The molecule has 1 saturated heterocycles. The number of rotatable bonds is 5. The molecular formula is C15H19FN2O4. The van der Waals surface area contributed by atoms with Crippen molar-refractivity contribution in [2.24, 2.45) is 0 Å². The molecule has 120 valence electrons. The Kier molecular flexibility index (Phi) is 5.71. The number of hydrogen-bond acceptors (Lipinski definition) is 3. The average molecular weight is 310 g/mol. The van der Waals surface area contributed by atoms with E-state index in [9.17, 15) is 14.0 Å². The van der Waals surface area contributed by atoms with Gasteiger partial charge >= 0.3 is 12.0 Å². The van der Waals surface area contributed by atoms with E-state index in [1.807, 2.05) is 0 Å². The molecule has 2 rings (SSSR count). The molecule has 1 aromatic carbocycles. The molecule has 0 spiro atoms. The number of amides is 2. The van der Waals surface area contributed by atoms with Gasteiger partial charge in [-0.3, -0.25) is 4.79 Å². The van der Waals surface area contributed by atoms with E-state index in [0.29, 0.717) is 38.2 Å². The summed E-state index contributed by atoms with van der Waals surface area (Å²) in [7, 11) is 0. The first-order valence-corrected chi connectivity index (χ1v) is 7.18. The van der Waals surface area contributed by atoms with E-state index in [0.717, 1.165) is 0 Å². The first-order chi connectivity index (χ1) is 10.6. The molecule has 1 unspecified atom stereocenters. The Labute approximate surface area is 127 Å². The van der Waals surface area contributed by atoms with Crippen LogP contribution < -0.4 is 5.32 Å². The van der Waals surface area contributed by atoms with Gasteiger partial charge in [-0.1, -0.05) is 12.1 Å². The van der Waals surface area contributed by atoms with E-state index < -0.39 is 5.97 Å². The fourth-order valence-corrected chi connectivity index (χ4v) is 2.29. The van der Waals surface area contributed by atoms with Crippen LogP contribution >= 0.6 is 0 Å². The smallest absolute Gasteiger partial charge is 0.317 e. The number of morpholine rings is 1.